The van der Waals surface area contributed by atoms with Gasteiger partial charge in [-0.25, -0.2) is 0 Å². The van der Waals surface area contributed by atoms with Gasteiger partial charge in [0.2, 0.25) is 5.12 Å². The van der Waals surface area contributed by atoms with Crippen LogP contribution in [0.25, 0.3) is 0 Å². The number of amides is 2. The van der Waals surface area contributed by atoms with Gasteiger partial charge >= 0.3 is 0 Å². The third-order valence-corrected chi connectivity index (χ3v) is 4.74. The Morgan fingerprint density at radius 1 is 1.26 bits per heavy atom. The van der Waals surface area contributed by atoms with Gasteiger partial charge < -0.3 is 10.1 Å². The van der Waals surface area contributed by atoms with Crippen molar-refractivity contribution in [2.75, 3.05) is 6.61 Å². The van der Waals surface area contributed by atoms with Crippen LogP contribution in [0.2, 0.25) is 0 Å². The summed E-state index contributed by atoms with van der Waals surface area (Å²) in [6, 6.07) is 8.29. The molecule has 2 heterocycles. The van der Waals surface area contributed by atoms with E-state index in [1.54, 1.807) is 26.0 Å². The van der Waals surface area contributed by atoms with Crippen molar-refractivity contribution in [2.45, 2.75) is 25.3 Å². The number of fused-ring (bicyclic) bond motifs is 1. The standard InChI is InChI=1S/C16H16N2O4S/c1-9(2)13-16(21)23-15-12(14(20)18(13)15)17-11(19)8-22-10-6-4-3-5-7-10/h3-7,12,15H,8H2,1-2H3,(H,17,19)/t12-,15-/m1/s1. The lowest BCUT2D eigenvalue weighted by molar-refractivity contribution is -0.146. The fourth-order valence-electron chi connectivity index (χ4n) is 2.54. The van der Waals surface area contributed by atoms with Crippen molar-refractivity contribution in [3.63, 3.8) is 0 Å². The third-order valence-electron chi connectivity index (χ3n) is 3.61. The Bertz CT molecular complexity index is 697. The first-order chi connectivity index (χ1) is 11.0. The molecule has 1 aromatic rings. The minimum absolute atomic E-state index is 0.124. The van der Waals surface area contributed by atoms with E-state index in [0.29, 0.717) is 11.4 Å². The molecule has 2 atom stereocenters. The van der Waals surface area contributed by atoms with Crippen molar-refractivity contribution >= 4 is 28.7 Å². The van der Waals surface area contributed by atoms with Gasteiger partial charge in [0.05, 0.1) is 5.70 Å². The van der Waals surface area contributed by atoms with Gasteiger partial charge in [0.15, 0.2) is 6.61 Å². The predicted molar refractivity (Wildman–Crippen MR) is 85.5 cm³/mol. The summed E-state index contributed by atoms with van der Waals surface area (Å²) in [5.41, 5.74) is 1.24. The van der Waals surface area contributed by atoms with Crippen LogP contribution in [0.1, 0.15) is 13.8 Å². The van der Waals surface area contributed by atoms with Crippen molar-refractivity contribution in [1.29, 1.82) is 0 Å². The molecule has 6 nitrogen and oxygen atoms in total. The molecule has 0 spiro atoms. The molecule has 2 fully saturated rings. The molecule has 2 amide bonds. The zero-order valence-electron chi connectivity index (χ0n) is 12.7. The molecule has 1 aromatic carbocycles. The van der Waals surface area contributed by atoms with Crippen LogP contribution in [0.15, 0.2) is 41.6 Å². The van der Waals surface area contributed by atoms with Gasteiger partial charge in [-0.05, 0) is 31.6 Å². The Hall–Kier alpha value is -2.28. The van der Waals surface area contributed by atoms with Gasteiger partial charge in [-0.1, -0.05) is 30.0 Å². The van der Waals surface area contributed by atoms with E-state index in [2.05, 4.69) is 5.32 Å². The van der Waals surface area contributed by atoms with E-state index in [4.69, 9.17) is 4.74 Å². The number of nitrogens with one attached hydrogen (secondary N) is 1. The van der Waals surface area contributed by atoms with Crippen molar-refractivity contribution in [1.82, 2.24) is 10.2 Å². The molecule has 23 heavy (non-hydrogen) atoms. The number of rotatable bonds is 4. The number of β-lactam (4-membered cyclic amide) rings is 1. The minimum atomic E-state index is -0.673. The first-order valence-corrected chi connectivity index (χ1v) is 8.05. The second-order valence-corrected chi connectivity index (χ2v) is 6.59. The maximum atomic E-state index is 12.2. The van der Waals surface area contributed by atoms with E-state index in [1.165, 1.54) is 4.90 Å². The van der Waals surface area contributed by atoms with Crippen LogP contribution in [-0.4, -0.2) is 39.9 Å². The molecule has 0 saturated carbocycles. The molecule has 0 aromatic heterocycles. The van der Waals surface area contributed by atoms with E-state index >= 15 is 0 Å². The van der Waals surface area contributed by atoms with Crippen molar-refractivity contribution in [3.05, 3.63) is 41.6 Å². The van der Waals surface area contributed by atoms with Crippen molar-refractivity contribution in [2.24, 2.45) is 0 Å². The zero-order valence-corrected chi connectivity index (χ0v) is 13.6. The van der Waals surface area contributed by atoms with E-state index in [9.17, 15) is 14.4 Å². The van der Waals surface area contributed by atoms with Gasteiger partial charge in [0.1, 0.15) is 17.2 Å². The molecule has 1 N–H and O–H groups in total. The monoisotopic (exact) mass is 332 g/mol. The average molecular weight is 332 g/mol. The largest absolute Gasteiger partial charge is 0.484 e. The molecule has 0 bridgehead atoms. The molecule has 2 aliphatic heterocycles. The summed E-state index contributed by atoms with van der Waals surface area (Å²) in [5.74, 6) is -0.0513. The molecule has 3 rings (SSSR count). The molecule has 0 radical (unpaired) electrons. The second kappa shape index (κ2) is 6.08. The van der Waals surface area contributed by atoms with Crippen LogP contribution >= 0.6 is 11.8 Å². The van der Waals surface area contributed by atoms with E-state index < -0.39 is 6.04 Å². The SMILES string of the molecule is CC(C)=C1C(=O)S[C@@H]2[C@H](NC(=O)COc3ccccc3)C(=O)N12. The van der Waals surface area contributed by atoms with Crippen LogP contribution < -0.4 is 10.1 Å². The number of ether oxygens (including phenoxy) is 1. The summed E-state index contributed by atoms with van der Waals surface area (Å²) < 4.78 is 5.34. The lowest BCUT2D eigenvalue weighted by Gasteiger charge is -2.41. The van der Waals surface area contributed by atoms with Crippen LogP contribution in [0, 0.1) is 0 Å². The van der Waals surface area contributed by atoms with Gasteiger partial charge in [-0.2, -0.15) is 0 Å². The first kappa shape index (κ1) is 15.6. The van der Waals surface area contributed by atoms with E-state index in [1.807, 2.05) is 18.2 Å². The number of hydrogen-bond acceptors (Lipinski definition) is 5. The molecule has 0 unspecified atom stereocenters. The smallest absolute Gasteiger partial charge is 0.258 e. The molecule has 0 aliphatic carbocycles. The highest BCUT2D eigenvalue weighted by atomic mass is 32.2. The Morgan fingerprint density at radius 3 is 2.61 bits per heavy atom. The topological polar surface area (TPSA) is 75.7 Å². The van der Waals surface area contributed by atoms with E-state index in [0.717, 1.165) is 17.3 Å². The maximum absolute atomic E-state index is 12.2. The molecule has 7 heteroatoms. The van der Waals surface area contributed by atoms with Crippen LogP contribution in [-0.2, 0) is 14.4 Å². The van der Waals surface area contributed by atoms with Gasteiger partial charge in [-0.3, -0.25) is 19.3 Å². The summed E-state index contributed by atoms with van der Waals surface area (Å²) in [6.45, 7) is 3.42. The molecular formula is C16H16N2O4S. The summed E-state index contributed by atoms with van der Waals surface area (Å²) in [4.78, 5) is 37.5. The van der Waals surface area contributed by atoms with Crippen LogP contribution in [0.3, 0.4) is 0 Å². The number of carbonyl (C=O) groups excluding carboxylic acids is 3. The molecular weight excluding hydrogens is 316 g/mol. The van der Waals surface area contributed by atoms with Gasteiger partial charge in [-0.15, -0.1) is 0 Å². The Balaban J connectivity index is 1.58. The highest BCUT2D eigenvalue weighted by molar-refractivity contribution is 8.15. The van der Waals surface area contributed by atoms with Gasteiger partial charge in [0.25, 0.3) is 11.8 Å². The predicted octanol–water partition coefficient (Wildman–Crippen LogP) is 1.29. The highest BCUT2D eigenvalue weighted by Gasteiger charge is 2.57. The Morgan fingerprint density at radius 2 is 1.96 bits per heavy atom. The third kappa shape index (κ3) is 2.84. The Labute approximate surface area is 137 Å². The van der Waals surface area contributed by atoms with Gasteiger partial charge in [0, 0.05) is 0 Å². The molecule has 2 saturated heterocycles. The number of benzene rings is 1. The highest BCUT2D eigenvalue weighted by Crippen LogP contribution is 2.43. The number of carbonyl (C=O) groups is 3. The van der Waals surface area contributed by atoms with Crippen LogP contribution in [0.5, 0.6) is 5.75 Å². The summed E-state index contributed by atoms with van der Waals surface area (Å²) in [7, 11) is 0. The quantitative estimate of drug-likeness (QED) is 0.664. The number of nitrogens with zero attached hydrogens (tertiary/aromatic N) is 1. The lowest BCUT2D eigenvalue weighted by Crippen LogP contribution is -2.67. The summed E-state index contributed by atoms with van der Waals surface area (Å²) in [5, 5.41) is 2.17. The fourth-order valence-corrected chi connectivity index (χ4v) is 3.81. The number of allylic oxidation sites excluding steroid dienone is 1. The van der Waals surface area contributed by atoms with E-state index in [-0.39, 0.29) is 28.9 Å². The molecule has 120 valence electrons. The molecule has 2 aliphatic rings. The fraction of sp³-hybridized carbons (Fsp3) is 0.312. The normalized spacial score (nSPS) is 22.5. The summed E-state index contributed by atoms with van der Waals surface area (Å²) in [6.07, 6.45) is 0. The average Bonchev–Trinajstić information content (AvgIpc) is 2.85. The maximum Gasteiger partial charge on any atom is 0.258 e. The summed E-state index contributed by atoms with van der Waals surface area (Å²) >= 11 is 1.07. The second-order valence-electron chi connectivity index (χ2n) is 5.50. The number of thioether (sulfide) groups is 1. The van der Waals surface area contributed by atoms with Crippen LogP contribution in [0.4, 0.5) is 0 Å². The van der Waals surface area contributed by atoms with Crippen molar-refractivity contribution in [3.8, 4) is 5.75 Å². The minimum Gasteiger partial charge on any atom is -0.484 e. The zero-order chi connectivity index (χ0) is 16.6. The number of para-hydroxylation sites is 1. The first-order valence-electron chi connectivity index (χ1n) is 7.18. The van der Waals surface area contributed by atoms with Crippen molar-refractivity contribution < 1.29 is 19.1 Å². The number of hydrogen-bond donors (Lipinski definition) is 1. The lowest BCUT2D eigenvalue weighted by atomic mass is 10.0. The Kier molecular flexibility index (Phi) is 4.12.